The van der Waals surface area contributed by atoms with Gasteiger partial charge in [0.1, 0.15) is 5.54 Å². The first-order chi connectivity index (χ1) is 15.4. The Bertz CT molecular complexity index is 1500. The third-order valence-corrected chi connectivity index (χ3v) is 6.53. The largest absolute Gasteiger partial charge is 0.417 e. The lowest BCUT2D eigenvalue weighted by atomic mass is 9.95. The maximum atomic E-state index is 12.5. The predicted octanol–water partition coefficient (Wildman–Crippen LogP) is 2.30. The third-order valence-electron chi connectivity index (χ3n) is 6.53. The highest BCUT2D eigenvalue weighted by molar-refractivity contribution is 6.08. The Balaban J connectivity index is 1.29. The number of imide groups is 1. The van der Waals surface area contributed by atoms with Gasteiger partial charge < -0.3 is 14.6 Å². The van der Waals surface area contributed by atoms with E-state index in [1.165, 1.54) is 4.90 Å². The van der Waals surface area contributed by atoms with Gasteiger partial charge in [0, 0.05) is 25.3 Å². The molecule has 1 fully saturated rings. The van der Waals surface area contributed by atoms with Crippen molar-refractivity contribution in [3.05, 3.63) is 69.8 Å². The molecule has 1 atom stereocenters. The minimum absolute atomic E-state index is 0.242. The molecule has 1 spiro atoms. The Morgan fingerprint density at radius 2 is 1.94 bits per heavy atom. The molecule has 3 heterocycles. The molecule has 3 N–H and O–H groups in total. The second-order valence-electron chi connectivity index (χ2n) is 8.37. The van der Waals surface area contributed by atoms with E-state index in [1.54, 1.807) is 13.1 Å². The number of nitrogens with one attached hydrogen (secondary N) is 3. The number of amides is 3. The van der Waals surface area contributed by atoms with Gasteiger partial charge in [0.15, 0.2) is 5.58 Å². The van der Waals surface area contributed by atoms with Crippen molar-refractivity contribution < 1.29 is 14.0 Å². The van der Waals surface area contributed by atoms with Gasteiger partial charge in [0.25, 0.3) is 5.91 Å². The van der Waals surface area contributed by atoms with Gasteiger partial charge in [-0.25, -0.2) is 9.59 Å². The van der Waals surface area contributed by atoms with Gasteiger partial charge in [-0.3, -0.25) is 20.1 Å². The minimum atomic E-state index is -0.847. The fourth-order valence-electron chi connectivity index (χ4n) is 4.76. The summed E-state index contributed by atoms with van der Waals surface area (Å²) in [5.74, 6) is -0.735. The van der Waals surface area contributed by atoms with Crippen LogP contribution >= 0.6 is 0 Å². The maximum Gasteiger partial charge on any atom is 0.417 e. The summed E-state index contributed by atoms with van der Waals surface area (Å²) >= 11 is 0. The topological polar surface area (TPSA) is 120 Å². The molecule has 2 aromatic heterocycles. The lowest BCUT2D eigenvalue weighted by molar-refractivity contribution is -0.125. The molecule has 0 saturated carbocycles. The second-order valence-corrected chi connectivity index (χ2v) is 8.37. The minimum Gasteiger partial charge on any atom is -0.406 e. The summed E-state index contributed by atoms with van der Waals surface area (Å²) in [5.41, 5.74) is 4.73. The number of rotatable bonds is 3. The van der Waals surface area contributed by atoms with E-state index in [-0.39, 0.29) is 11.9 Å². The van der Waals surface area contributed by atoms with Crippen LogP contribution < -0.4 is 16.4 Å². The number of hydrogen-bond acceptors (Lipinski definition) is 6. The van der Waals surface area contributed by atoms with Gasteiger partial charge in [-0.1, -0.05) is 12.1 Å². The van der Waals surface area contributed by atoms with Crippen molar-refractivity contribution in [1.82, 2.24) is 20.2 Å². The van der Waals surface area contributed by atoms with Gasteiger partial charge >= 0.3 is 11.8 Å². The van der Waals surface area contributed by atoms with Crippen LogP contribution in [0.2, 0.25) is 0 Å². The molecule has 2 aliphatic rings. The smallest absolute Gasteiger partial charge is 0.406 e. The zero-order chi connectivity index (χ0) is 22.0. The molecule has 6 rings (SSSR count). The number of pyridine rings is 1. The standard InChI is InChI=1S/C23H19N5O4/c1-28-21(30)27-20(29)23(28)9-13-7-12-5-6-15(25-18(12)8-14(13)10-23)11-24-16-3-2-4-17-19(16)32-22(31)26-17/h2-8,24H,9-11H2,1H3,(H,26,31)(H,27,29,30). The lowest BCUT2D eigenvalue weighted by Gasteiger charge is -2.27. The molecule has 0 radical (unpaired) electrons. The number of carbonyl (C=O) groups excluding carboxylic acids is 2. The highest BCUT2D eigenvalue weighted by Gasteiger charge is 2.54. The van der Waals surface area contributed by atoms with E-state index in [9.17, 15) is 14.4 Å². The van der Waals surface area contributed by atoms with Crippen LogP contribution in [0.1, 0.15) is 16.8 Å². The van der Waals surface area contributed by atoms with Crippen molar-refractivity contribution >= 4 is 39.6 Å². The van der Waals surface area contributed by atoms with E-state index in [1.807, 2.05) is 30.3 Å². The number of benzene rings is 2. The first kappa shape index (κ1) is 18.6. The Morgan fingerprint density at radius 3 is 2.72 bits per heavy atom. The quantitative estimate of drug-likeness (QED) is 0.430. The van der Waals surface area contributed by atoms with Gasteiger partial charge in [0.2, 0.25) is 0 Å². The fourth-order valence-corrected chi connectivity index (χ4v) is 4.76. The number of aromatic amines is 1. The number of oxazole rings is 1. The predicted molar refractivity (Wildman–Crippen MR) is 117 cm³/mol. The van der Waals surface area contributed by atoms with Crippen molar-refractivity contribution in [1.29, 1.82) is 0 Å². The normalized spacial score (nSPS) is 19.8. The van der Waals surface area contributed by atoms with Crippen molar-refractivity contribution in [2.45, 2.75) is 24.9 Å². The van der Waals surface area contributed by atoms with Gasteiger partial charge in [0.05, 0.1) is 29.0 Å². The second kappa shape index (κ2) is 6.43. The van der Waals surface area contributed by atoms with E-state index >= 15 is 0 Å². The number of H-pyrrole nitrogens is 1. The van der Waals surface area contributed by atoms with E-state index in [0.29, 0.717) is 36.2 Å². The molecule has 9 nitrogen and oxygen atoms in total. The molecule has 1 saturated heterocycles. The molecule has 1 aliphatic heterocycles. The van der Waals surface area contributed by atoms with Crippen LogP contribution in [0.25, 0.3) is 22.0 Å². The summed E-state index contributed by atoms with van der Waals surface area (Å²) < 4.78 is 5.22. The van der Waals surface area contributed by atoms with Crippen LogP contribution in [-0.2, 0) is 24.2 Å². The Labute approximate surface area is 181 Å². The van der Waals surface area contributed by atoms with Crippen LogP contribution in [0.15, 0.2) is 51.7 Å². The molecule has 9 heteroatoms. The molecular formula is C23H19N5O4. The number of anilines is 1. The summed E-state index contributed by atoms with van der Waals surface area (Å²) in [6, 6.07) is 13.1. The van der Waals surface area contributed by atoms with E-state index < -0.39 is 11.3 Å². The molecule has 2 aromatic carbocycles. The highest BCUT2D eigenvalue weighted by Crippen LogP contribution is 2.38. The zero-order valence-corrected chi connectivity index (χ0v) is 17.2. The number of carbonyl (C=O) groups is 2. The third kappa shape index (κ3) is 2.64. The first-order valence-electron chi connectivity index (χ1n) is 10.3. The molecule has 32 heavy (non-hydrogen) atoms. The monoisotopic (exact) mass is 429 g/mol. The number of urea groups is 1. The number of aromatic nitrogens is 2. The zero-order valence-electron chi connectivity index (χ0n) is 17.2. The molecule has 1 unspecified atom stereocenters. The van der Waals surface area contributed by atoms with Crippen molar-refractivity contribution in [3.8, 4) is 0 Å². The highest BCUT2D eigenvalue weighted by atomic mass is 16.4. The Hall–Kier alpha value is -4.14. The number of fused-ring (bicyclic) bond motifs is 3. The van der Waals surface area contributed by atoms with E-state index in [4.69, 9.17) is 9.40 Å². The summed E-state index contributed by atoms with van der Waals surface area (Å²) in [6.45, 7) is 0.449. The Morgan fingerprint density at radius 1 is 1.12 bits per heavy atom. The molecule has 0 bridgehead atoms. The molecular weight excluding hydrogens is 410 g/mol. The van der Waals surface area contributed by atoms with Crippen LogP contribution in [0.5, 0.6) is 0 Å². The van der Waals surface area contributed by atoms with Gasteiger partial charge in [-0.2, -0.15) is 0 Å². The Kier molecular flexibility index (Phi) is 3.74. The van der Waals surface area contributed by atoms with Crippen LogP contribution in [-0.4, -0.2) is 39.4 Å². The maximum absolute atomic E-state index is 12.5. The number of likely N-dealkylation sites (N-methyl/N-ethyl adjacent to an activating group) is 1. The van der Waals surface area contributed by atoms with Crippen molar-refractivity contribution in [3.63, 3.8) is 0 Å². The molecule has 4 aromatic rings. The number of para-hydroxylation sites is 1. The SMILES string of the molecule is CN1C(=O)NC(=O)C12Cc1cc3ccc(CNc4cccc5[nH]c(=O)oc45)nc3cc1C2. The molecule has 160 valence electrons. The number of nitrogens with zero attached hydrogens (tertiary/aromatic N) is 2. The lowest BCUT2D eigenvalue weighted by Crippen LogP contribution is -2.48. The van der Waals surface area contributed by atoms with Crippen LogP contribution in [0.4, 0.5) is 10.5 Å². The molecule has 3 amide bonds. The van der Waals surface area contributed by atoms with E-state index in [0.717, 1.165) is 27.7 Å². The van der Waals surface area contributed by atoms with Crippen molar-refractivity contribution in [2.75, 3.05) is 12.4 Å². The average molecular weight is 429 g/mol. The first-order valence-corrected chi connectivity index (χ1v) is 10.3. The number of hydrogen-bond donors (Lipinski definition) is 3. The summed E-state index contributed by atoms with van der Waals surface area (Å²) in [6.07, 6.45) is 0.979. The van der Waals surface area contributed by atoms with Crippen LogP contribution in [0, 0.1) is 0 Å². The van der Waals surface area contributed by atoms with Gasteiger partial charge in [-0.15, -0.1) is 0 Å². The summed E-state index contributed by atoms with van der Waals surface area (Å²) in [5, 5.41) is 6.69. The summed E-state index contributed by atoms with van der Waals surface area (Å²) in [4.78, 5) is 45.0. The van der Waals surface area contributed by atoms with Crippen LogP contribution in [0.3, 0.4) is 0 Å². The van der Waals surface area contributed by atoms with Crippen molar-refractivity contribution in [2.24, 2.45) is 0 Å². The van der Waals surface area contributed by atoms with Gasteiger partial charge in [-0.05, 0) is 41.5 Å². The molecule has 1 aliphatic carbocycles. The average Bonchev–Trinajstić information content (AvgIpc) is 3.40. The fraction of sp³-hybridized carbons (Fsp3) is 0.217. The van der Waals surface area contributed by atoms with E-state index in [2.05, 4.69) is 21.7 Å². The summed E-state index contributed by atoms with van der Waals surface area (Å²) in [7, 11) is 1.67.